The van der Waals surface area contributed by atoms with Crippen LogP contribution < -0.4 is 10.2 Å². The van der Waals surface area contributed by atoms with Crippen LogP contribution >= 0.6 is 0 Å². The average Bonchev–Trinajstić information content (AvgIpc) is 3.21. The lowest BCUT2D eigenvalue weighted by molar-refractivity contribution is -0.134. The van der Waals surface area contributed by atoms with Gasteiger partial charge in [-0.25, -0.2) is 15.0 Å². The summed E-state index contributed by atoms with van der Waals surface area (Å²) < 4.78 is 2.16. The Morgan fingerprint density at radius 3 is 2.47 bits per heavy atom. The van der Waals surface area contributed by atoms with E-state index >= 15 is 0 Å². The van der Waals surface area contributed by atoms with Crippen molar-refractivity contribution < 1.29 is 9.90 Å². The molecule has 3 aromatic rings. The summed E-state index contributed by atoms with van der Waals surface area (Å²) in [5.74, 6) is 1.28. The number of imidazole rings is 1. The van der Waals surface area contributed by atoms with Crippen molar-refractivity contribution in [3.8, 4) is 11.4 Å². The van der Waals surface area contributed by atoms with Crippen LogP contribution in [0.25, 0.3) is 11.4 Å². The molecule has 168 valence electrons. The number of carbonyl (C=O) groups is 1. The highest BCUT2D eigenvalue weighted by Crippen LogP contribution is 2.25. The summed E-state index contributed by atoms with van der Waals surface area (Å²) in [6.45, 7) is 8.55. The molecule has 0 unspecified atom stereocenters. The number of aromatic nitrogens is 4. The number of hydrogen-bond donors (Lipinski definition) is 2. The summed E-state index contributed by atoms with van der Waals surface area (Å²) >= 11 is 0. The van der Waals surface area contributed by atoms with E-state index in [1.807, 2.05) is 43.5 Å². The fraction of sp³-hybridized carbons (Fsp3) is 0.391. The Labute approximate surface area is 187 Å². The molecule has 1 aliphatic rings. The molecule has 1 aromatic carbocycles. The monoisotopic (exact) mass is 435 g/mol. The number of piperazine rings is 1. The third-order valence-corrected chi connectivity index (χ3v) is 5.67. The van der Waals surface area contributed by atoms with Gasteiger partial charge in [0.2, 0.25) is 11.9 Å². The smallest absolute Gasteiger partial charge is 0.248 e. The molecule has 32 heavy (non-hydrogen) atoms. The second-order valence-corrected chi connectivity index (χ2v) is 8.12. The number of hydrogen-bond acceptors (Lipinski definition) is 7. The van der Waals surface area contributed by atoms with Gasteiger partial charge < -0.3 is 24.8 Å². The molecule has 0 bridgehead atoms. The van der Waals surface area contributed by atoms with Gasteiger partial charge in [0.1, 0.15) is 12.4 Å². The molecule has 3 heterocycles. The lowest BCUT2D eigenvalue weighted by Crippen LogP contribution is -2.49. The second kappa shape index (κ2) is 9.35. The second-order valence-electron chi connectivity index (χ2n) is 8.12. The summed E-state index contributed by atoms with van der Waals surface area (Å²) in [5.41, 5.74) is 3.78. The van der Waals surface area contributed by atoms with Crippen molar-refractivity contribution in [1.29, 1.82) is 0 Å². The van der Waals surface area contributed by atoms with Gasteiger partial charge in [-0.2, -0.15) is 0 Å². The Balaban J connectivity index is 1.44. The van der Waals surface area contributed by atoms with Crippen LogP contribution in [0.1, 0.15) is 25.7 Å². The highest BCUT2D eigenvalue weighted by Gasteiger charge is 2.20. The van der Waals surface area contributed by atoms with Gasteiger partial charge in [0.05, 0.1) is 17.6 Å². The third-order valence-electron chi connectivity index (χ3n) is 5.67. The predicted octanol–water partition coefficient (Wildman–Crippen LogP) is 2.61. The Kier molecular flexibility index (Phi) is 6.36. The molecule has 2 aromatic heterocycles. The Hall–Kier alpha value is -3.46. The summed E-state index contributed by atoms with van der Waals surface area (Å²) in [6.07, 6.45) is 3.60. The minimum absolute atomic E-state index is 0.210. The number of aryl methyl sites for hydroxylation is 1. The van der Waals surface area contributed by atoms with Gasteiger partial charge in [0.25, 0.3) is 0 Å². The quantitative estimate of drug-likeness (QED) is 0.614. The fourth-order valence-electron chi connectivity index (χ4n) is 4.05. The molecule has 0 atom stereocenters. The molecule has 0 spiro atoms. The van der Waals surface area contributed by atoms with Gasteiger partial charge >= 0.3 is 0 Å². The predicted molar refractivity (Wildman–Crippen MR) is 124 cm³/mol. The fourth-order valence-corrected chi connectivity index (χ4v) is 4.05. The van der Waals surface area contributed by atoms with Gasteiger partial charge in [-0.3, -0.25) is 4.79 Å². The number of amides is 1. The van der Waals surface area contributed by atoms with Crippen molar-refractivity contribution >= 4 is 23.2 Å². The SMILES string of the molecule is Cc1ncc(-c2ccnc(Nc3ccc(N4CCN(C(=O)CO)CC4)cc3)n2)n1C(C)C. The first-order valence-corrected chi connectivity index (χ1v) is 10.8. The van der Waals surface area contributed by atoms with Crippen molar-refractivity contribution in [1.82, 2.24) is 24.4 Å². The van der Waals surface area contributed by atoms with Gasteiger partial charge in [0, 0.05) is 49.8 Å². The maximum atomic E-state index is 11.6. The Morgan fingerprint density at radius 1 is 1.09 bits per heavy atom. The third kappa shape index (κ3) is 4.57. The van der Waals surface area contributed by atoms with Crippen molar-refractivity contribution in [2.24, 2.45) is 0 Å². The van der Waals surface area contributed by atoms with Gasteiger partial charge in [-0.1, -0.05) is 0 Å². The molecular weight excluding hydrogens is 406 g/mol. The summed E-state index contributed by atoms with van der Waals surface area (Å²) in [4.78, 5) is 29.1. The molecule has 1 aliphatic heterocycles. The maximum Gasteiger partial charge on any atom is 0.248 e. The van der Waals surface area contributed by atoms with Crippen LogP contribution in [0, 0.1) is 6.92 Å². The summed E-state index contributed by atoms with van der Waals surface area (Å²) in [6, 6.07) is 10.3. The highest BCUT2D eigenvalue weighted by atomic mass is 16.3. The van der Waals surface area contributed by atoms with E-state index in [-0.39, 0.29) is 11.9 Å². The van der Waals surface area contributed by atoms with Gasteiger partial charge in [0.15, 0.2) is 0 Å². The number of nitrogens with one attached hydrogen (secondary N) is 1. The number of benzene rings is 1. The van der Waals surface area contributed by atoms with E-state index in [0.717, 1.165) is 41.7 Å². The number of aliphatic hydroxyl groups is 1. The van der Waals surface area contributed by atoms with Crippen LogP contribution in [-0.2, 0) is 4.79 Å². The Morgan fingerprint density at radius 2 is 1.81 bits per heavy atom. The standard InChI is InChI=1S/C23H29N7O2/c1-16(2)30-17(3)25-14-21(30)20-8-9-24-23(27-20)26-18-4-6-19(7-5-18)28-10-12-29(13-11-28)22(32)15-31/h4-9,14,16,31H,10-13,15H2,1-3H3,(H,24,26,27). The number of anilines is 3. The van der Waals surface area contributed by atoms with Crippen LogP contribution in [0.15, 0.2) is 42.7 Å². The van der Waals surface area contributed by atoms with E-state index in [1.54, 1.807) is 11.1 Å². The lowest BCUT2D eigenvalue weighted by atomic mass is 10.2. The first-order valence-electron chi connectivity index (χ1n) is 10.8. The van der Waals surface area contributed by atoms with Crippen LogP contribution in [0.3, 0.4) is 0 Å². The van der Waals surface area contributed by atoms with Crippen molar-refractivity contribution in [3.05, 3.63) is 48.5 Å². The topological polar surface area (TPSA) is 99.4 Å². The first-order chi connectivity index (χ1) is 15.5. The van der Waals surface area contributed by atoms with Crippen LogP contribution in [0.4, 0.5) is 17.3 Å². The largest absolute Gasteiger partial charge is 0.387 e. The first kappa shape index (κ1) is 21.8. The van der Waals surface area contributed by atoms with E-state index in [4.69, 9.17) is 5.11 Å². The molecule has 1 saturated heterocycles. The molecule has 0 saturated carbocycles. The van der Waals surface area contributed by atoms with E-state index in [9.17, 15) is 4.79 Å². The highest BCUT2D eigenvalue weighted by molar-refractivity contribution is 5.77. The average molecular weight is 436 g/mol. The number of carbonyl (C=O) groups excluding carboxylic acids is 1. The number of aliphatic hydroxyl groups excluding tert-OH is 1. The van der Waals surface area contributed by atoms with Crippen LogP contribution in [0.2, 0.25) is 0 Å². The van der Waals surface area contributed by atoms with Crippen LogP contribution in [0.5, 0.6) is 0 Å². The zero-order valence-electron chi connectivity index (χ0n) is 18.7. The molecule has 9 heteroatoms. The zero-order chi connectivity index (χ0) is 22.7. The van der Waals surface area contributed by atoms with Gasteiger partial charge in [-0.05, 0) is 51.1 Å². The van der Waals surface area contributed by atoms with E-state index in [0.29, 0.717) is 19.0 Å². The molecule has 0 aliphatic carbocycles. The molecular formula is C23H29N7O2. The van der Waals surface area contributed by atoms with Crippen molar-refractivity contribution in [2.75, 3.05) is 43.0 Å². The van der Waals surface area contributed by atoms with Crippen molar-refractivity contribution in [3.63, 3.8) is 0 Å². The number of nitrogens with zero attached hydrogens (tertiary/aromatic N) is 6. The van der Waals surface area contributed by atoms with E-state index in [2.05, 4.69) is 43.6 Å². The maximum absolute atomic E-state index is 11.6. The van der Waals surface area contributed by atoms with E-state index < -0.39 is 6.61 Å². The van der Waals surface area contributed by atoms with E-state index in [1.165, 1.54) is 0 Å². The molecule has 1 fully saturated rings. The number of rotatable bonds is 6. The molecule has 4 rings (SSSR count). The van der Waals surface area contributed by atoms with Crippen molar-refractivity contribution in [2.45, 2.75) is 26.8 Å². The molecule has 9 nitrogen and oxygen atoms in total. The Bertz CT molecular complexity index is 1070. The van der Waals surface area contributed by atoms with Crippen LogP contribution in [-0.4, -0.2) is 68.2 Å². The van der Waals surface area contributed by atoms with Gasteiger partial charge in [-0.15, -0.1) is 0 Å². The summed E-state index contributed by atoms with van der Waals surface area (Å²) in [7, 11) is 0. The lowest BCUT2D eigenvalue weighted by Gasteiger charge is -2.35. The zero-order valence-corrected chi connectivity index (χ0v) is 18.7. The summed E-state index contributed by atoms with van der Waals surface area (Å²) in [5, 5.41) is 12.3. The minimum atomic E-state index is -0.428. The molecule has 0 radical (unpaired) electrons. The minimum Gasteiger partial charge on any atom is -0.387 e. The molecule has 1 amide bonds. The molecule has 2 N–H and O–H groups in total. The normalized spacial score (nSPS) is 14.2.